The van der Waals surface area contributed by atoms with Gasteiger partial charge in [0.05, 0.1) is 7.11 Å². The SMILES string of the molecule is COO.O=C(N1C2CCC1CC(=C1c3ccccc3Sc3cc(-c4cccnc4)ccc31)C2)C(F)(F)F.O=CO[O-].OB(O)c1cccnc1.[H-].[K+].[K+].c1cncc(-c2ccc3c(c2)Sc2ccccc2C3=C2CC3CCC(C2)N3)c1. The fraction of sp³-hybridized carbons (Fsp3) is 0.237. The molecule has 3 aromatic heterocycles. The first-order chi connectivity index (χ1) is 37.9. The number of nitrogens with zero attached hydrogens (tertiary/aromatic N) is 4. The van der Waals surface area contributed by atoms with Gasteiger partial charge in [-0.1, -0.05) is 114 Å². The average molecular weight is 1170 g/mol. The Kier molecular flexibility index (Phi) is 24.2. The Morgan fingerprint density at radius 2 is 1.07 bits per heavy atom. The maximum Gasteiger partial charge on any atom is 1.00 e. The summed E-state index contributed by atoms with van der Waals surface area (Å²) in [6.45, 7) is -0.181. The van der Waals surface area contributed by atoms with Gasteiger partial charge in [-0.05, 0) is 138 Å². The van der Waals surface area contributed by atoms with Crippen LogP contribution in [0, 0.1) is 0 Å². The van der Waals surface area contributed by atoms with E-state index >= 15 is 0 Å². The maximum absolute atomic E-state index is 13.2. The predicted octanol–water partition coefficient (Wildman–Crippen LogP) is 4.08. The Bertz CT molecular complexity index is 3280. The maximum atomic E-state index is 13.2. The van der Waals surface area contributed by atoms with E-state index in [1.807, 2.05) is 60.7 Å². The molecule has 4 unspecified atom stereocenters. The van der Waals surface area contributed by atoms with E-state index < -0.39 is 31.3 Å². The smallest absolute Gasteiger partial charge is 1.00 e. The first-order valence-electron chi connectivity index (χ1n) is 25.3. The number of rotatable bonds is 4. The molecule has 9 heterocycles. The Labute approximate surface area is 557 Å². The van der Waals surface area contributed by atoms with Gasteiger partial charge in [0.25, 0.3) is 6.47 Å². The number of benzene rings is 4. The Morgan fingerprint density at radius 3 is 1.46 bits per heavy atom. The molecule has 4 bridgehead atoms. The van der Waals surface area contributed by atoms with Crippen LogP contribution >= 0.6 is 23.5 Å². The molecular formula is C59H55BF3K2N5O8S2. The standard InChI is InChI=1S/C27H21F3N2OS.C25H22N2S.C5H6BNO2.CH2O3.CH4O2.2K.H/c28-27(29,30)26(33)32-19-8-9-20(32)13-18(12-19)25-21-5-1-2-6-23(21)34-24-14-16(7-10-22(24)25)17-4-3-11-31-15-17;1-2-6-23-21(5-1)25(18-12-19-8-9-20(13-18)27-19)22-10-7-16(14-24(22)28-23)17-4-3-11-26-15-17;8-6(9)5-2-1-3-7-4-5;2-1-4-3;1-3-2;;;/h1-7,10-11,14-15,19-20H,8-9,12-13H2;1-7,10-11,14-15,19-20,27H,8-9,12-13H2;1-4,8-9H;1,3H;2H,1H3;;;/q;;;;;2*+1;-1/p-1. The number of nitrogens with one attached hydrogen (secondary N) is 1. The molecule has 21 heteroatoms. The van der Waals surface area contributed by atoms with Crippen molar-refractivity contribution in [2.24, 2.45) is 0 Å². The molecule has 0 aliphatic carbocycles. The number of carbonyl (C=O) groups excluding carboxylic acids is 2. The molecule has 13 nitrogen and oxygen atoms in total. The topological polar surface area (TPSA) is 190 Å². The van der Waals surface area contributed by atoms with Gasteiger partial charge in [-0.25, -0.2) is 4.89 Å². The molecule has 4 fully saturated rings. The molecule has 1 amide bonds. The summed E-state index contributed by atoms with van der Waals surface area (Å²) in [7, 11) is -0.223. The molecule has 4 N–H and O–H groups in total. The first-order valence-corrected chi connectivity index (χ1v) is 26.9. The number of aromatic nitrogens is 3. The summed E-state index contributed by atoms with van der Waals surface area (Å²) in [5, 5.41) is 36.4. The van der Waals surface area contributed by atoms with Gasteiger partial charge in [0.1, 0.15) is 0 Å². The minimum Gasteiger partial charge on any atom is -1.00 e. The molecular weight excluding hydrogens is 1120 g/mol. The van der Waals surface area contributed by atoms with Gasteiger partial charge >= 0.3 is 122 Å². The number of carbonyl (C=O) groups is 2. The van der Waals surface area contributed by atoms with Crippen LogP contribution in [0.15, 0.2) is 189 Å². The van der Waals surface area contributed by atoms with E-state index in [-0.39, 0.29) is 111 Å². The molecule has 4 saturated heterocycles. The van der Waals surface area contributed by atoms with Gasteiger partial charge in [-0.15, -0.1) is 0 Å². The number of hydrogen-bond acceptors (Lipinski definition) is 14. The second kappa shape index (κ2) is 30.2. The van der Waals surface area contributed by atoms with Gasteiger partial charge in [0, 0.05) is 97.5 Å². The van der Waals surface area contributed by atoms with E-state index in [9.17, 15) is 18.0 Å². The number of amides is 1. The molecule has 4 aromatic carbocycles. The molecule has 13 rings (SSSR count). The van der Waals surface area contributed by atoms with Crippen molar-refractivity contribution in [3.63, 3.8) is 0 Å². The van der Waals surface area contributed by atoms with Crippen molar-refractivity contribution >= 4 is 59.6 Å². The second-order valence-corrected chi connectivity index (χ2v) is 21.3. The van der Waals surface area contributed by atoms with Gasteiger partial charge in [0.2, 0.25) is 0 Å². The summed E-state index contributed by atoms with van der Waals surface area (Å²) in [6, 6.07) is 42.4. The van der Waals surface area contributed by atoms with Crippen LogP contribution in [-0.2, 0) is 19.4 Å². The van der Waals surface area contributed by atoms with Gasteiger partial charge in [-0.2, -0.15) is 13.2 Å². The van der Waals surface area contributed by atoms with Crippen LogP contribution in [-0.4, -0.2) is 92.1 Å². The molecule has 0 radical (unpaired) electrons. The number of alkyl halides is 3. The Morgan fingerprint density at radius 1 is 0.650 bits per heavy atom. The van der Waals surface area contributed by atoms with Crippen molar-refractivity contribution in [3.8, 4) is 22.3 Å². The van der Waals surface area contributed by atoms with Crippen LogP contribution in [0.5, 0.6) is 0 Å². The number of hydrogen-bond donors (Lipinski definition) is 4. The third kappa shape index (κ3) is 15.4. The molecule has 6 aliphatic rings. The summed E-state index contributed by atoms with van der Waals surface area (Å²) in [4.78, 5) is 45.0. The van der Waals surface area contributed by atoms with Gasteiger partial charge in [0.15, 0.2) is 0 Å². The van der Waals surface area contributed by atoms with E-state index in [0.717, 1.165) is 48.1 Å². The van der Waals surface area contributed by atoms with Crippen LogP contribution in [0.1, 0.15) is 75.0 Å². The van der Waals surface area contributed by atoms with Crippen molar-refractivity contribution < 1.29 is 157 Å². The number of pyridine rings is 3. The fourth-order valence-corrected chi connectivity index (χ4v) is 13.5. The fourth-order valence-electron chi connectivity index (χ4n) is 11.2. The van der Waals surface area contributed by atoms with E-state index in [1.165, 1.54) is 76.6 Å². The molecule has 4 atom stereocenters. The summed E-state index contributed by atoms with van der Waals surface area (Å²) in [5.74, 6) is -1.69. The minimum atomic E-state index is -4.82. The van der Waals surface area contributed by atoms with Crippen LogP contribution in [0.3, 0.4) is 0 Å². The molecule has 6 aliphatic heterocycles. The predicted molar refractivity (Wildman–Crippen MR) is 293 cm³/mol. The molecule has 80 heavy (non-hydrogen) atoms. The summed E-state index contributed by atoms with van der Waals surface area (Å²) < 4.78 is 39.7. The largest absolute Gasteiger partial charge is 1.00 e. The van der Waals surface area contributed by atoms with E-state index in [1.54, 1.807) is 41.9 Å². The minimum absolute atomic E-state index is 0. The summed E-state index contributed by atoms with van der Waals surface area (Å²) in [6.07, 6.45) is 12.8. The van der Waals surface area contributed by atoms with Crippen molar-refractivity contribution in [1.29, 1.82) is 0 Å². The Balaban J connectivity index is 0.000000202. The van der Waals surface area contributed by atoms with E-state index in [4.69, 9.17) is 25.4 Å². The Hall–Kier alpha value is -3.66. The van der Waals surface area contributed by atoms with Crippen molar-refractivity contribution in [2.75, 3.05) is 7.11 Å². The summed E-state index contributed by atoms with van der Waals surface area (Å²) in [5.41, 5.74) is 15.4. The van der Waals surface area contributed by atoms with Gasteiger partial charge < -0.3 is 31.8 Å². The second-order valence-electron chi connectivity index (χ2n) is 19.1. The molecule has 7 aromatic rings. The van der Waals surface area contributed by atoms with E-state index in [0.29, 0.717) is 43.2 Å². The third-order valence-corrected chi connectivity index (χ3v) is 16.6. The number of fused-ring (bicyclic) bond motifs is 8. The zero-order valence-corrected chi connectivity index (χ0v) is 52.1. The number of halogens is 3. The zero-order valence-electron chi connectivity index (χ0n) is 45.3. The van der Waals surface area contributed by atoms with Gasteiger partial charge in [-0.3, -0.25) is 29.8 Å². The van der Waals surface area contributed by atoms with Crippen LogP contribution < -0.4 is 119 Å². The molecule has 402 valence electrons. The van der Waals surface area contributed by atoms with E-state index in [2.05, 4.69) is 109 Å². The third-order valence-electron chi connectivity index (χ3n) is 14.4. The van der Waals surface area contributed by atoms with Crippen molar-refractivity contribution in [2.45, 2.75) is 101 Å². The van der Waals surface area contributed by atoms with Crippen LogP contribution in [0.4, 0.5) is 13.2 Å². The average Bonchev–Trinajstić information content (AvgIpc) is 3.77. The van der Waals surface area contributed by atoms with Crippen molar-refractivity contribution in [1.82, 2.24) is 25.2 Å². The summed E-state index contributed by atoms with van der Waals surface area (Å²) >= 11 is 3.62. The zero-order chi connectivity index (χ0) is 54.8. The number of piperidine rings is 2. The van der Waals surface area contributed by atoms with Crippen LogP contribution in [0.25, 0.3) is 33.4 Å². The first kappa shape index (κ1) is 63.9. The van der Waals surface area contributed by atoms with Crippen molar-refractivity contribution in [3.05, 3.63) is 192 Å². The van der Waals surface area contributed by atoms with Crippen LogP contribution in [0.2, 0.25) is 0 Å². The normalized spacial score (nSPS) is 18.5. The molecule has 0 spiro atoms. The quantitative estimate of drug-likeness (QED) is 0.0854. The molecule has 0 saturated carbocycles. The monoisotopic (exact) mass is 1170 g/mol.